The predicted octanol–water partition coefficient (Wildman–Crippen LogP) is 7.14. The fourth-order valence-electron chi connectivity index (χ4n) is 4.87. The maximum absolute atomic E-state index is 13.7. The molecule has 42 heavy (non-hydrogen) atoms. The lowest BCUT2D eigenvalue weighted by Gasteiger charge is -2.22. The topological polar surface area (TPSA) is 65.6 Å². The summed E-state index contributed by atoms with van der Waals surface area (Å²) in [7, 11) is 1.18. The molecule has 5 rings (SSSR count). The molecule has 4 aromatic rings. The molecule has 1 saturated carbocycles. The third-order valence-electron chi connectivity index (χ3n) is 6.78. The van der Waals surface area contributed by atoms with Crippen LogP contribution in [0.5, 0.6) is 0 Å². The Labute approximate surface area is 234 Å². The lowest BCUT2D eigenvalue weighted by Crippen LogP contribution is -2.30. The fourth-order valence-corrected chi connectivity index (χ4v) is 4.87. The quantitative estimate of drug-likeness (QED) is 0.234. The Morgan fingerprint density at radius 3 is 2.12 bits per heavy atom. The lowest BCUT2D eigenvalue weighted by atomic mass is 9.84. The summed E-state index contributed by atoms with van der Waals surface area (Å²) >= 11 is 0. The molecule has 0 unspecified atom stereocenters. The van der Waals surface area contributed by atoms with Gasteiger partial charge in [-0.15, -0.1) is 0 Å². The number of aromatic nitrogens is 5. The number of rotatable bonds is 4. The van der Waals surface area contributed by atoms with Crippen LogP contribution in [-0.2, 0) is 25.9 Å². The van der Waals surface area contributed by atoms with Crippen LogP contribution in [0.4, 0.5) is 35.1 Å². The number of benzene rings is 1. The molecule has 0 atom stereocenters. The number of aryl methyl sites for hydroxylation is 1. The fraction of sp³-hybridized carbons (Fsp3) is 0.357. The molecule has 3 aromatic heterocycles. The highest BCUT2D eigenvalue weighted by atomic mass is 19.4. The molecule has 0 radical (unpaired) electrons. The van der Waals surface area contributed by atoms with Crippen molar-refractivity contribution in [2.45, 2.75) is 56.9 Å². The van der Waals surface area contributed by atoms with Gasteiger partial charge in [0.1, 0.15) is 23.0 Å². The first kappa shape index (κ1) is 30.8. The Morgan fingerprint density at radius 2 is 1.55 bits per heavy atom. The lowest BCUT2D eigenvalue weighted by molar-refractivity contribution is -0.142. The predicted molar refractivity (Wildman–Crippen MR) is 136 cm³/mol. The second-order valence-corrected chi connectivity index (χ2v) is 9.77. The van der Waals surface area contributed by atoms with Gasteiger partial charge in [-0.25, -0.2) is 18.4 Å². The van der Waals surface area contributed by atoms with Gasteiger partial charge in [0.05, 0.1) is 24.1 Å². The van der Waals surface area contributed by atoms with E-state index in [0.717, 1.165) is 59.2 Å². The van der Waals surface area contributed by atoms with Crippen molar-refractivity contribution in [3.05, 3.63) is 99.5 Å². The first-order chi connectivity index (χ1) is 19.8. The van der Waals surface area contributed by atoms with Crippen LogP contribution >= 0.6 is 0 Å². The first-order valence-corrected chi connectivity index (χ1v) is 12.9. The molecule has 1 aromatic carbocycles. The van der Waals surface area contributed by atoms with Crippen molar-refractivity contribution < 1.29 is 35.1 Å². The van der Waals surface area contributed by atoms with Crippen molar-refractivity contribution in [2.75, 3.05) is 0 Å². The van der Waals surface area contributed by atoms with Crippen LogP contribution < -0.4 is 5.56 Å². The average molecular weight is 600 g/mol. The summed E-state index contributed by atoms with van der Waals surface area (Å²) < 4.78 is 107. The number of halogens is 8. The Kier molecular flexibility index (Phi) is 9.12. The SMILES string of the molecule is Cn1cnc(-c2cc(C3CCCCC3)c(=O)n(Cc3ncccc3C(F)(F)F)n2)c1C(F)(F)F.Fc1cccc(F)c1. The van der Waals surface area contributed by atoms with Crippen LogP contribution in [0.25, 0.3) is 11.4 Å². The van der Waals surface area contributed by atoms with Crippen molar-refractivity contribution >= 4 is 0 Å². The average Bonchev–Trinajstić information content (AvgIpc) is 3.32. The van der Waals surface area contributed by atoms with E-state index in [1.807, 2.05) is 0 Å². The summed E-state index contributed by atoms with van der Waals surface area (Å²) in [6.45, 7) is -0.643. The summed E-state index contributed by atoms with van der Waals surface area (Å²) in [4.78, 5) is 20.9. The molecule has 14 heteroatoms. The van der Waals surface area contributed by atoms with Crippen molar-refractivity contribution in [3.8, 4) is 11.4 Å². The minimum absolute atomic E-state index is 0.224. The van der Waals surface area contributed by atoms with Gasteiger partial charge in [-0.3, -0.25) is 9.78 Å². The number of alkyl halides is 6. The van der Waals surface area contributed by atoms with Crippen molar-refractivity contribution in [2.24, 2.45) is 7.05 Å². The molecule has 1 aliphatic rings. The van der Waals surface area contributed by atoms with E-state index >= 15 is 0 Å². The minimum atomic E-state index is -4.75. The Hall–Kier alpha value is -4.10. The highest BCUT2D eigenvalue weighted by Crippen LogP contribution is 2.37. The van der Waals surface area contributed by atoms with Gasteiger partial charge >= 0.3 is 12.4 Å². The molecule has 0 bridgehead atoms. The maximum Gasteiger partial charge on any atom is 0.433 e. The smallest absolute Gasteiger partial charge is 0.330 e. The molecule has 1 fully saturated rings. The summed E-state index contributed by atoms with van der Waals surface area (Å²) in [6.07, 6.45) is -3.35. The van der Waals surface area contributed by atoms with Gasteiger partial charge in [-0.2, -0.15) is 31.4 Å². The zero-order chi connectivity index (χ0) is 30.7. The van der Waals surface area contributed by atoms with Gasteiger partial charge < -0.3 is 4.57 Å². The van der Waals surface area contributed by atoms with Crippen LogP contribution in [0.2, 0.25) is 0 Å². The van der Waals surface area contributed by atoms with Crippen molar-refractivity contribution in [3.63, 3.8) is 0 Å². The number of hydrogen-bond acceptors (Lipinski definition) is 4. The third-order valence-corrected chi connectivity index (χ3v) is 6.78. The number of imidazole rings is 1. The molecule has 224 valence electrons. The molecule has 6 nitrogen and oxygen atoms in total. The third kappa shape index (κ3) is 7.21. The van der Waals surface area contributed by atoms with Gasteiger partial charge in [0, 0.05) is 24.9 Å². The maximum atomic E-state index is 13.7. The zero-order valence-corrected chi connectivity index (χ0v) is 22.2. The van der Waals surface area contributed by atoms with E-state index < -0.39 is 58.7 Å². The zero-order valence-electron chi connectivity index (χ0n) is 22.2. The standard InChI is InChI=1S/C22H21F6N5O.C6H4F2/c1-32-12-30-18(19(32)22(26,27)28)16-10-14(13-6-3-2-4-7-13)20(34)33(31-16)11-17-15(21(23,24)25)8-5-9-29-17;7-5-2-1-3-6(8)4-5/h5,8-10,12-13H,2-4,6-7,11H2,1H3;1-4H. The Balaban J connectivity index is 0.000000437. The van der Waals surface area contributed by atoms with E-state index in [-0.39, 0.29) is 17.2 Å². The van der Waals surface area contributed by atoms with Gasteiger partial charge in [0.15, 0.2) is 5.69 Å². The molecule has 1 aliphatic carbocycles. The van der Waals surface area contributed by atoms with Gasteiger partial charge in [-0.05, 0) is 49.1 Å². The normalized spacial score (nSPS) is 14.4. The van der Waals surface area contributed by atoms with E-state index in [4.69, 9.17) is 0 Å². The number of nitrogens with zero attached hydrogens (tertiary/aromatic N) is 5. The second kappa shape index (κ2) is 12.4. The minimum Gasteiger partial charge on any atom is -0.330 e. The van der Waals surface area contributed by atoms with Gasteiger partial charge in [-0.1, -0.05) is 25.3 Å². The van der Waals surface area contributed by atoms with E-state index in [1.165, 1.54) is 31.3 Å². The second-order valence-electron chi connectivity index (χ2n) is 9.77. The molecule has 0 amide bonds. The molecule has 0 spiro atoms. The van der Waals surface area contributed by atoms with E-state index in [1.54, 1.807) is 0 Å². The van der Waals surface area contributed by atoms with Crippen molar-refractivity contribution in [1.29, 1.82) is 0 Å². The molecule has 0 N–H and O–H groups in total. The van der Waals surface area contributed by atoms with Crippen LogP contribution in [0.1, 0.15) is 60.5 Å². The van der Waals surface area contributed by atoms with Gasteiger partial charge in [0.2, 0.25) is 0 Å². The summed E-state index contributed by atoms with van der Waals surface area (Å²) in [5, 5.41) is 4.02. The van der Waals surface area contributed by atoms with Crippen LogP contribution in [0.15, 0.2) is 59.8 Å². The first-order valence-electron chi connectivity index (χ1n) is 12.9. The Morgan fingerprint density at radius 1 is 0.881 bits per heavy atom. The molecule has 0 saturated heterocycles. The van der Waals surface area contributed by atoms with Crippen LogP contribution in [0, 0.1) is 11.6 Å². The van der Waals surface area contributed by atoms with E-state index in [0.29, 0.717) is 12.8 Å². The molecular weight excluding hydrogens is 574 g/mol. The summed E-state index contributed by atoms with van der Waals surface area (Å²) in [5.74, 6) is -1.30. The van der Waals surface area contributed by atoms with Gasteiger partial charge in [0.25, 0.3) is 5.56 Å². The highest BCUT2D eigenvalue weighted by molar-refractivity contribution is 5.58. The highest BCUT2D eigenvalue weighted by Gasteiger charge is 2.39. The monoisotopic (exact) mass is 599 g/mol. The van der Waals surface area contributed by atoms with E-state index in [9.17, 15) is 39.9 Å². The molecule has 0 aliphatic heterocycles. The Bertz CT molecular complexity index is 1570. The molecular formula is C28H25F8N5O. The van der Waals surface area contributed by atoms with Crippen molar-refractivity contribution in [1.82, 2.24) is 24.3 Å². The summed E-state index contributed by atoms with van der Waals surface area (Å²) in [5.41, 5.74) is -3.67. The molecule has 3 heterocycles. The van der Waals surface area contributed by atoms with E-state index in [2.05, 4.69) is 15.1 Å². The largest absolute Gasteiger partial charge is 0.433 e. The van der Waals surface area contributed by atoms with Crippen LogP contribution in [-0.4, -0.2) is 24.3 Å². The summed E-state index contributed by atoms with van der Waals surface area (Å²) in [6, 6.07) is 7.81. The van der Waals surface area contributed by atoms with Crippen LogP contribution in [0.3, 0.4) is 0 Å². The number of hydrogen-bond donors (Lipinski definition) is 0. The number of pyridine rings is 1.